The first-order valence-corrected chi connectivity index (χ1v) is 17.5. The number of esters is 2. The van der Waals surface area contributed by atoms with E-state index >= 15 is 0 Å². The van der Waals surface area contributed by atoms with Crippen molar-refractivity contribution in [1.29, 1.82) is 0 Å². The van der Waals surface area contributed by atoms with Crippen LogP contribution in [-0.4, -0.2) is 87.4 Å². The van der Waals surface area contributed by atoms with Crippen molar-refractivity contribution in [3.8, 4) is 0 Å². The Labute approximate surface area is 284 Å². The summed E-state index contributed by atoms with van der Waals surface area (Å²) in [5.74, 6) is -2.20. The van der Waals surface area contributed by atoms with Crippen molar-refractivity contribution in [2.45, 2.75) is 116 Å². The average molecular weight is 663 g/mol. The van der Waals surface area contributed by atoms with E-state index in [2.05, 4.69) is 56.4 Å². The van der Waals surface area contributed by atoms with Gasteiger partial charge in [-0.1, -0.05) is 113 Å². The topological polar surface area (TPSA) is 108 Å². The number of ether oxygens (including phenoxy) is 4. The smallest absolute Gasteiger partial charge is 0.361 e. The van der Waals surface area contributed by atoms with Gasteiger partial charge >= 0.3 is 17.9 Å². The average Bonchev–Trinajstić information content (AvgIpc) is 3.02. The third kappa shape index (κ3) is 31.4. The van der Waals surface area contributed by atoms with E-state index in [-0.39, 0.29) is 38.6 Å². The first-order chi connectivity index (χ1) is 22.6. The van der Waals surface area contributed by atoms with Gasteiger partial charge in [0.15, 0.2) is 6.10 Å². The molecule has 9 heteroatoms. The second-order valence-corrected chi connectivity index (χ2v) is 12.5. The summed E-state index contributed by atoms with van der Waals surface area (Å²) in [4.78, 5) is 36.6. The van der Waals surface area contributed by atoms with Gasteiger partial charge in [0.2, 0.25) is 0 Å². The largest absolute Gasteiger partial charge is 0.477 e. The number of unbranched alkanes of at least 4 members (excludes halogenated alkanes) is 6. The molecule has 0 aliphatic rings. The van der Waals surface area contributed by atoms with E-state index in [9.17, 15) is 19.5 Å². The van der Waals surface area contributed by atoms with Gasteiger partial charge in [-0.3, -0.25) is 9.59 Å². The fraction of sp³-hybridized carbons (Fsp3) is 0.658. The highest BCUT2D eigenvalue weighted by Crippen LogP contribution is 2.10. The lowest BCUT2D eigenvalue weighted by molar-refractivity contribution is -0.870. The number of rotatable bonds is 30. The van der Waals surface area contributed by atoms with Crippen LogP contribution in [-0.2, 0) is 33.3 Å². The van der Waals surface area contributed by atoms with E-state index < -0.39 is 24.3 Å². The number of likely N-dealkylation sites (N-methyl/N-ethyl adjacent to an activating group) is 1. The first-order valence-electron chi connectivity index (χ1n) is 17.5. The SMILES string of the molecule is CC/C=C\C/C=C\C/C=C\C/C=C\C/C=C\CC(=O)OC(COC(=O)CCCCCCCCC)COC(OCC[N+](C)(C)C)C(=O)O. The van der Waals surface area contributed by atoms with Crippen molar-refractivity contribution >= 4 is 17.9 Å². The minimum atomic E-state index is -1.53. The van der Waals surface area contributed by atoms with Gasteiger partial charge < -0.3 is 28.5 Å². The molecule has 0 heterocycles. The number of carbonyl (C=O) groups excluding carboxylic acids is 2. The third-order valence-corrected chi connectivity index (χ3v) is 6.82. The quantitative estimate of drug-likeness (QED) is 0.0272. The maximum Gasteiger partial charge on any atom is 0.361 e. The van der Waals surface area contributed by atoms with Crippen LogP contribution in [0.4, 0.5) is 0 Å². The third-order valence-electron chi connectivity index (χ3n) is 6.82. The molecule has 0 radical (unpaired) electrons. The molecule has 0 saturated heterocycles. The van der Waals surface area contributed by atoms with Crippen molar-refractivity contribution in [1.82, 2.24) is 0 Å². The summed E-state index contributed by atoms with van der Waals surface area (Å²) in [5, 5.41) is 9.54. The summed E-state index contributed by atoms with van der Waals surface area (Å²) in [7, 11) is 5.90. The van der Waals surface area contributed by atoms with Gasteiger partial charge in [0.25, 0.3) is 6.29 Å². The van der Waals surface area contributed by atoms with Gasteiger partial charge in [0, 0.05) is 6.42 Å². The fourth-order valence-electron chi connectivity index (χ4n) is 4.08. The predicted octanol–water partition coefficient (Wildman–Crippen LogP) is 7.87. The van der Waals surface area contributed by atoms with Crippen LogP contribution in [0.1, 0.15) is 104 Å². The van der Waals surface area contributed by atoms with Gasteiger partial charge in [-0.05, 0) is 38.5 Å². The molecule has 0 spiro atoms. The molecule has 0 amide bonds. The Hall–Kier alpha value is -3.01. The van der Waals surface area contributed by atoms with E-state index in [4.69, 9.17) is 18.9 Å². The van der Waals surface area contributed by atoms with Crippen LogP contribution in [0, 0.1) is 0 Å². The molecule has 0 aliphatic heterocycles. The van der Waals surface area contributed by atoms with Crippen LogP contribution in [0.25, 0.3) is 0 Å². The summed E-state index contributed by atoms with van der Waals surface area (Å²) in [5.41, 5.74) is 0. The van der Waals surface area contributed by atoms with Gasteiger partial charge in [-0.2, -0.15) is 0 Å². The van der Waals surface area contributed by atoms with E-state index in [0.29, 0.717) is 17.4 Å². The van der Waals surface area contributed by atoms with Crippen molar-refractivity contribution in [2.75, 3.05) is 47.5 Å². The molecule has 9 nitrogen and oxygen atoms in total. The summed E-state index contributed by atoms with van der Waals surface area (Å²) in [6, 6.07) is 0. The van der Waals surface area contributed by atoms with E-state index in [1.165, 1.54) is 19.3 Å². The molecule has 0 saturated carbocycles. The summed E-state index contributed by atoms with van der Waals surface area (Å²) in [6.45, 7) is 4.54. The lowest BCUT2D eigenvalue weighted by Gasteiger charge is -2.25. The van der Waals surface area contributed by atoms with Crippen molar-refractivity contribution < 1.29 is 42.9 Å². The number of carboxylic acid groups (broad SMARTS) is 1. The van der Waals surface area contributed by atoms with Gasteiger partial charge in [0.1, 0.15) is 13.2 Å². The Morgan fingerprint density at radius 3 is 1.72 bits per heavy atom. The van der Waals surface area contributed by atoms with E-state index in [1.807, 2.05) is 33.3 Å². The number of quaternary nitrogens is 1. The van der Waals surface area contributed by atoms with Gasteiger partial charge in [-0.15, -0.1) is 0 Å². The molecule has 0 aromatic rings. The van der Waals surface area contributed by atoms with Crippen LogP contribution < -0.4 is 0 Å². The Kier molecular flexibility index (Phi) is 28.4. The molecule has 47 heavy (non-hydrogen) atoms. The second kappa shape index (κ2) is 30.3. The zero-order valence-corrected chi connectivity index (χ0v) is 29.9. The van der Waals surface area contributed by atoms with E-state index in [1.54, 1.807) is 6.08 Å². The zero-order chi connectivity index (χ0) is 35.0. The van der Waals surface area contributed by atoms with Crippen molar-refractivity contribution in [3.05, 3.63) is 60.8 Å². The first kappa shape index (κ1) is 44.0. The monoisotopic (exact) mass is 662 g/mol. The molecule has 0 aromatic carbocycles. The zero-order valence-electron chi connectivity index (χ0n) is 29.9. The molecule has 0 fully saturated rings. The summed E-state index contributed by atoms with van der Waals surface area (Å²) >= 11 is 0. The molecule has 1 N–H and O–H groups in total. The van der Waals surface area contributed by atoms with Gasteiger partial charge in [-0.25, -0.2) is 4.79 Å². The number of aliphatic carboxylic acids is 1. The highest BCUT2D eigenvalue weighted by molar-refractivity contribution is 5.72. The number of hydrogen-bond donors (Lipinski definition) is 1. The Balaban J connectivity index is 4.75. The maximum absolute atomic E-state index is 12.6. The number of carbonyl (C=O) groups is 3. The second-order valence-electron chi connectivity index (χ2n) is 12.5. The number of allylic oxidation sites excluding steroid dienone is 9. The molecule has 0 bridgehead atoms. The molecule has 268 valence electrons. The van der Waals surface area contributed by atoms with Crippen LogP contribution in [0.5, 0.6) is 0 Å². The number of carboxylic acids is 1. The lowest BCUT2D eigenvalue weighted by atomic mass is 10.1. The Morgan fingerprint density at radius 1 is 0.660 bits per heavy atom. The predicted molar refractivity (Wildman–Crippen MR) is 189 cm³/mol. The van der Waals surface area contributed by atoms with Crippen LogP contribution in [0.2, 0.25) is 0 Å². The lowest BCUT2D eigenvalue weighted by Crippen LogP contribution is -2.40. The van der Waals surface area contributed by atoms with Crippen LogP contribution >= 0.6 is 0 Å². The maximum atomic E-state index is 12.6. The summed E-state index contributed by atoms with van der Waals surface area (Å²) < 4.78 is 22.3. The standard InChI is InChI=1S/C38H63NO8/c1-6-8-10-12-14-15-16-17-18-19-20-21-23-25-27-29-36(41)47-34(32-45-35(40)28-26-24-22-13-11-9-7-2)33-46-38(37(42)43)44-31-30-39(3,4)5/h8,10,14-15,17-18,20-21,25,27,34,38H,6-7,9,11-13,16,19,22-24,26,28-33H2,1-5H3/p+1/b10-8-,15-14-,18-17-,21-20-,27-25-. The molecule has 0 aromatic heterocycles. The Morgan fingerprint density at radius 2 is 1.19 bits per heavy atom. The van der Waals surface area contributed by atoms with Gasteiger partial charge in [0.05, 0.1) is 40.8 Å². The number of nitrogens with zero attached hydrogens (tertiary/aromatic N) is 1. The Bertz CT molecular complexity index is 961. The molecular formula is C38H64NO8+. The fourth-order valence-corrected chi connectivity index (χ4v) is 4.08. The van der Waals surface area contributed by atoms with Crippen molar-refractivity contribution in [2.24, 2.45) is 0 Å². The molecule has 0 rings (SSSR count). The normalized spacial score (nSPS) is 13.8. The minimum Gasteiger partial charge on any atom is -0.477 e. The van der Waals surface area contributed by atoms with Crippen molar-refractivity contribution in [3.63, 3.8) is 0 Å². The molecular weight excluding hydrogens is 598 g/mol. The summed E-state index contributed by atoms with van der Waals surface area (Å²) in [6.07, 6.45) is 30.5. The minimum absolute atomic E-state index is 0.0261. The van der Waals surface area contributed by atoms with E-state index in [0.717, 1.165) is 51.4 Å². The van der Waals surface area contributed by atoms with Crippen LogP contribution in [0.15, 0.2) is 60.8 Å². The highest BCUT2D eigenvalue weighted by Gasteiger charge is 2.24. The molecule has 0 aliphatic carbocycles. The molecule has 2 unspecified atom stereocenters. The number of hydrogen-bond acceptors (Lipinski definition) is 7. The molecule has 2 atom stereocenters. The highest BCUT2D eigenvalue weighted by atomic mass is 16.7. The van der Waals surface area contributed by atoms with Crippen LogP contribution in [0.3, 0.4) is 0 Å².